The number of sulfonamides is 1. The molecule has 0 unspecified atom stereocenters. The van der Waals surface area contributed by atoms with Crippen LogP contribution in [0.2, 0.25) is 0 Å². The number of halogens is 1. The molecule has 8 heteroatoms. The number of rotatable bonds is 6. The molecule has 0 saturated carbocycles. The molecule has 0 amide bonds. The number of carboxylic acids is 1. The van der Waals surface area contributed by atoms with Crippen LogP contribution in [0.3, 0.4) is 0 Å². The highest BCUT2D eigenvalue weighted by molar-refractivity contribution is 7.89. The zero-order chi connectivity index (χ0) is 24.5. The van der Waals surface area contributed by atoms with Gasteiger partial charge in [0.05, 0.1) is 29.7 Å². The Morgan fingerprint density at radius 1 is 1.03 bits per heavy atom. The van der Waals surface area contributed by atoms with Gasteiger partial charge in [0.25, 0.3) is 0 Å². The Labute approximate surface area is 198 Å². The number of benzene rings is 3. The lowest BCUT2D eigenvalue weighted by molar-refractivity contribution is -0.133. The van der Waals surface area contributed by atoms with Gasteiger partial charge in [-0.2, -0.15) is 4.31 Å². The minimum atomic E-state index is -4.17. The van der Waals surface area contributed by atoms with Crippen molar-refractivity contribution >= 4 is 16.0 Å². The standard InChI is InChI=1S/C26H24FNO5S/c1-17-6-12-22(13-7-17)34(31,32)28-24(19-4-3-5-21(16-19)33-2)15-14-23(26(29)30)25(28)18-8-10-20(27)11-9-18/h3-14,16,24-25H,15H2,1-2H3,(H,29,30)/t24-,25-/m0/s1. The van der Waals surface area contributed by atoms with E-state index in [2.05, 4.69) is 0 Å². The van der Waals surface area contributed by atoms with Crippen molar-refractivity contribution in [2.75, 3.05) is 7.11 Å². The summed E-state index contributed by atoms with van der Waals surface area (Å²) < 4.78 is 48.4. The molecule has 0 aromatic heterocycles. The van der Waals surface area contributed by atoms with Gasteiger partial charge in [0.2, 0.25) is 10.0 Å². The second kappa shape index (κ2) is 9.40. The first-order valence-corrected chi connectivity index (χ1v) is 12.1. The Hall–Kier alpha value is -3.49. The molecule has 0 spiro atoms. The molecule has 0 saturated heterocycles. The van der Waals surface area contributed by atoms with Crippen LogP contribution in [0, 0.1) is 12.7 Å². The van der Waals surface area contributed by atoms with Gasteiger partial charge in [-0.3, -0.25) is 0 Å². The summed E-state index contributed by atoms with van der Waals surface area (Å²) in [7, 11) is -2.66. The lowest BCUT2D eigenvalue weighted by Gasteiger charge is -2.40. The molecule has 4 rings (SSSR count). The maximum absolute atomic E-state index is 14.1. The van der Waals surface area contributed by atoms with Crippen LogP contribution >= 0.6 is 0 Å². The van der Waals surface area contributed by atoms with Crippen LogP contribution in [0.15, 0.2) is 89.3 Å². The largest absolute Gasteiger partial charge is 0.497 e. The molecule has 3 aromatic rings. The van der Waals surface area contributed by atoms with Gasteiger partial charge in [-0.25, -0.2) is 17.6 Å². The van der Waals surface area contributed by atoms with Gasteiger partial charge >= 0.3 is 5.97 Å². The predicted octanol–water partition coefficient (Wildman–Crippen LogP) is 5.03. The lowest BCUT2D eigenvalue weighted by Crippen LogP contribution is -2.42. The van der Waals surface area contributed by atoms with E-state index in [4.69, 9.17) is 4.74 Å². The Morgan fingerprint density at radius 2 is 1.71 bits per heavy atom. The zero-order valence-electron chi connectivity index (χ0n) is 18.7. The molecular weight excluding hydrogens is 457 g/mol. The molecular formula is C26H24FNO5S. The number of carbonyl (C=O) groups is 1. The van der Waals surface area contributed by atoms with Gasteiger partial charge < -0.3 is 9.84 Å². The average Bonchev–Trinajstić information content (AvgIpc) is 2.84. The van der Waals surface area contributed by atoms with Crippen LogP contribution in [0.25, 0.3) is 0 Å². The summed E-state index contributed by atoms with van der Waals surface area (Å²) in [4.78, 5) is 12.3. The fourth-order valence-electron chi connectivity index (χ4n) is 4.22. The van der Waals surface area contributed by atoms with Crippen molar-refractivity contribution in [3.8, 4) is 5.75 Å². The van der Waals surface area contributed by atoms with Crippen molar-refractivity contribution in [2.24, 2.45) is 0 Å². The van der Waals surface area contributed by atoms with Crippen molar-refractivity contribution in [3.05, 3.63) is 107 Å². The Kier molecular flexibility index (Phi) is 6.54. The number of nitrogens with zero attached hydrogens (tertiary/aromatic N) is 1. The van der Waals surface area contributed by atoms with Gasteiger partial charge in [-0.1, -0.05) is 48.0 Å². The summed E-state index contributed by atoms with van der Waals surface area (Å²) in [5.74, 6) is -1.18. The zero-order valence-corrected chi connectivity index (χ0v) is 19.5. The van der Waals surface area contributed by atoms with Gasteiger partial charge in [0.15, 0.2) is 0 Å². The second-order valence-electron chi connectivity index (χ2n) is 8.09. The minimum Gasteiger partial charge on any atom is -0.497 e. The summed E-state index contributed by atoms with van der Waals surface area (Å²) in [5, 5.41) is 9.97. The van der Waals surface area contributed by atoms with Crippen LogP contribution in [-0.2, 0) is 14.8 Å². The molecule has 1 aliphatic rings. The molecule has 2 atom stereocenters. The third kappa shape index (κ3) is 4.47. The highest BCUT2D eigenvalue weighted by Gasteiger charge is 2.44. The van der Waals surface area contributed by atoms with E-state index in [9.17, 15) is 22.7 Å². The van der Waals surface area contributed by atoms with Crippen molar-refractivity contribution < 1.29 is 27.4 Å². The van der Waals surface area contributed by atoms with Gasteiger partial charge in [-0.15, -0.1) is 0 Å². The first-order valence-electron chi connectivity index (χ1n) is 10.7. The van der Waals surface area contributed by atoms with E-state index in [0.717, 1.165) is 5.56 Å². The Morgan fingerprint density at radius 3 is 2.32 bits per heavy atom. The first-order chi connectivity index (χ1) is 16.2. The fraction of sp³-hybridized carbons (Fsp3) is 0.192. The summed E-state index contributed by atoms with van der Waals surface area (Å²) in [6.45, 7) is 1.85. The molecule has 0 bridgehead atoms. The molecule has 176 valence electrons. The third-order valence-corrected chi connectivity index (χ3v) is 7.81. The molecule has 1 N–H and O–H groups in total. The number of ether oxygens (including phenoxy) is 1. The van der Waals surface area contributed by atoms with Crippen molar-refractivity contribution in [1.29, 1.82) is 0 Å². The molecule has 34 heavy (non-hydrogen) atoms. The Bertz CT molecular complexity index is 1330. The predicted molar refractivity (Wildman–Crippen MR) is 125 cm³/mol. The van der Waals surface area contributed by atoms with Crippen molar-refractivity contribution in [2.45, 2.75) is 30.3 Å². The van der Waals surface area contributed by atoms with Crippen molar-refractivity contribution in [1.82, 2.24) is 4.31 Å². The summed E-state index contributed by atoms with van der Waals surface area (Å²) >= 11 is 0. The van der Waals surface area contributed by atoms with E-state index >= 15 is 0 Å². The molecule has 1 heterocycles. The molecule has 1 aliphatic heterocycles. The summed E-state index contributed by atoms with van der Waals surface area (Å²) in [6, 6.07) is 16.8. The minimum absolute atomic E-state index is 0.0461. The maximum Gasteiger partial charge on any atom is 0.333 e. The van der Waals surface area contributed by atoms with Crippen LogP contribution < -0.4 is 4.74 Å². The van der Waals surface area contributed by atoms with E-state index < -0.39 is 33.9 Å². The van der Waals surface area contributed by atoms with Crippen LogP contribution in [0.4, 0.5) is 4.39 Å². The lowest BCUT2D eigenvalue weighted by atomic mass is 9.89. The van der Waals surface area contributed by atoms with Crippen LogP contribution in [0.5, 0.6) is 5.75 Å². The van der Waals surface area contributed by atoms with Crippen molar-refractivity contribution in [3.63, 3.8) is 0 Å². The monoisotopic (exact) mass is 481 g/mol. The van der Waals surface area contributed by atoms with E-state index in [1.807, 2.05) is 6.92 Å². The topological polar surface area (TPSA) is 83.9 Å². The summed E-state index contributed by atoms with van der Waals surface area (Å²) in [6.07, 6.45) is 1.69. The normalized spacial score (nSPS) is 18.9. The van der Waals surface area contributed by atoms with Crippen LogP contribution in [0.1, 0.15) is 35.2 Å². The molecule has 6 nitrogen and oxygen atoms in total. The Balaban J connectivity index is 1.97. The second-order valence-corrected chi connectivity index (χ2v) is 9.94. The highest BCUT2D eigenvalue weighted by Crippen LogP contribution is 2.46. The van der Waals surface area contributed by atoms with E-state index in [-0.39, 0.29) is 16.9 Å². The number of carboxylic acid groups (broad SMARTS) is 1. The summed E-state index contributed by atoms with van der Waals surface area (Å²) in [5.41, 5.74) is 1.82. The van der Waals surface area contributed by atoms with Gasteiger partial charge in [0.1, 0.15) is 11.6 Å². The molecule has 0 radical (unpaired) electrons. The SMILES string of the molecule is COc1cccc([C@@H]2CC=C(C(=O)O)[C@H](c3ccc(F)cc3)N2S(=O)(=O)c2ccc(C)cc2)c1. The van der Waals surface area contributed by atoms with Gasteiger partial charge in [0, 0.05) is 0 Å². The van der Waals surface area contributed by atoms with Gasteiger partial charge in [-0.05, 0) is 60.9 Å². The molecule has 0 fully saturated rings. The molecule has 3 aromatic carbocycles. The number of hydrogen-bond acceptors (Lipinski definition) is 4. The third-order valence-electron chi connectivity index (χ3n) is 5.92. The number of aryl methyl sites for hydroxylation is 1. The quantitative estimate of drug-likeness (QED) is 0.534. The number of aliphatic carboxylic acids is 1. The number of hydrogen-bond donors (Lipinski definition) is 1. The highest BCUT2D eigenvalue weighted by atomic mass is 32.2. The van der Waals surface area contributed by atoms with E-state index in [1.54, 1.807) is 42.5 Å². The number of methoxy groups -OCH3 is 1. The molecule has 0 aliphatic carbocycles. The fourth-order valence-corrected chi connectivity index (χ4v) is 6.00. The first kappa shape index (κ1) is 23.7. The average molecular weight is 482 g/mol. The van der Waals surface area contributed by atoms with E-state index in [0.29, 0.717) is 16.9 Å². The van der Waals surface area contributed by atoms with E-state index in [1.165, 1.54) is 47.8 Å². The van der Waals surface area contributed by atoms with Crippen LogP contribution in [-0.4, -0.2) is 30.9 Å². The smallest absolute Gasteiger partial charge is 0.333 e. The maximum atomic E-state index is 14.1.